The highest BCUT2D eigenvalue weighted by Crippen LogP contribution is 2.35. The van der Waals surface area contributed by atoms with Crippen molar-refractivity contribution in [2.75, 3.05) is 33.9 Å². The maximum absolute atomic E-state index is 14.3. The fraction of sp³-hybridized carbons (Fsp3) is 0.485. The molecular formula is C33H43N5O4. The number of imidazole rings is 1. The number of nitrogens with zero attached hydrogens (tertiary/aromatic N) is 3. The number of hydrogen-bond donors (Lipinski definition) is 2. The van der Waals surface area contributed by atoms with E-state index in [1.165, 1.54) is 18.2 Å². The van der Waals surface area contributed by atoms with Gasteiger partial charge in [0.25, 0.3) is 5.91 Å². The number of benzene rings is 2. The lowest BCUT2D eigenvalue weighted by atomic mass is 9.89. The van der Waals surface area contributed by atoms with Gasteiger partial charge in [0.05, 0.1) is 38.3 Å². The van der Waals surface area contributed by atoms with Gasteiger partial charge in [-0.2, -0.15) is 0 Å². The molecule has 2 fully saturated rings. The number of piperazine rings is 1. The lowest BCUT2D eigenvalue weighted by Gasteiger charge is -2.36. The molecule has 0 radical (unpaired) electrons. The maximum atomic E-state index is 14.3. The number of amides is 2. The van der Waals surface area contributed by atoms with Crippen LogP contribution in [0.15, 0.2) is 54.9 Å². The molecule has 0 bridgehead atoms. The van der Waals surface area contributed by atoms with E-state index >= 15 is 0 Å². The van der Waals surface area contributed by atoms with Crippen LogP contribution >= 0.6 is 0 Å². The highest BCUT2D eigenvalue weighted by atomic mass is 16.5. The minimum Gasteiger partial charge on any atom is -0.497 e. The van der Waals surface area contributed by atoms with E-state index in [2.05, 4.69) is 34.3 Å². The Balaban J connectivity index is 1.39. The average Bonchev–Trinajstić information content (AvgIpc) is 3.47. The molecule has 2 aromatic carbocycles. The number of methoxy groups -OCH3 is 2. The number of alkyl carbamates (subject to hydrolysis) is 1. The van der Waals surface area contributed by atoms with Gasteiger partial charge >= 0.3 is 6.09 Å². The molecule has 9 nitrogen and oxygen atoms in total. The van der Waals surface area contributed by atoms with Crippen LogP contribution in [0.2, 0.25) is 0 Å². The monoisotopic (exact) mass is 573 g/mol. The van der Waals surface area contributed by atoms with E-state index in [4.69, 9.17) is 14.5 Å². The molecule has 3 aromatic rings. The van der Waals surface area contributed by atoms with Crippen LogP contribution < -0.4 is 15.4 Å². The molecule has 3 atom stereocenters. The van der Waals surface area contributed by atoms with E-state index in [0.717, 1.165) is 75.0 Å². The quantitative estimate of drug-likeness (QED) is 0.368. The molecule has 1 aliphatic carbocycles. The van der Waals surface area contributed by atoms with Crippen LogP contribution in [0.3, 0.4) is 0 Å². The summed E-state index contributed by atoms with van der Waals surface area (Å²) in [6.07, 6.45) is 8.01. The third-order valence-electron chi connectivity index (χ3n) is 8.76. The van der Waals surface area contributed by atoms with E-state index in [1.807, 2.05) is 41.3 Å². The van der Waals surface area contributed by atoms with Crippen LogP contribution in [0, 0.1) is 6.92 Å². The Hall–Kier alpha value is -3.85. The van der Waals surface area contributed by atoms with Gasteiger partial charge < -0.3 is 29.6 Å². The van der Waals surface area contributed by atoms with E-state index in [-0.39, 0.29) is 24.0 Å². The fourth-order valence-electron chi connectivity index (χ4n) is 6.50. The summed E-state index contributed by atoms with van der Waals surface area (Å²) in [6, 6.07) is 16.2. The molecule has 2 aliphatic rings. The second-order valence-corrected chi connectivity index (χ2v) is 11.4. The number of carbonyl (C=O) groups is 2. The van der Waals surface area contributed by atoms with Gasteiger partial charge in [0.1, 0.15) is 5.75 Å². The molecule has 0 unspecified atom stereocenters. The minimum atomic E-state index is -0.432. The lowest BCUT2D eigenvalue weighted by Crippen LogP contribution is -2.53. The maximum Gasteiger partial charge on any atom is 0.407 e. The first-order chi connectivity index (χ1) is 20.5. The molecule has 224 valence electrons. The molecule has 2 heterocycles. The number of nitrogens with one attached hydrogen (secondary N) is 2. The summed E-state index contributed by atoms with van der Waals surface area (Å²) in [5.74, 6) is 0.840. The molecule has 2 amide bonds. The zero-order chi connectivity index (χ0) is 29.5. The number of hydrogen-bond acceptors (Lipinski definition) is 6. The van der Waals surface area contributed by atoms with Gasteiger partial charge in [-0.25, -0.2) is 9.78 Å². The Morgan fingerprint density at radius 1 is 1.10 bits per heavy atom. The Kier molecular flexibility index (Phi) is 9.79. The van der Waals surface area contributed by atoms with Crippen molar-refractivity contribution >= 4 is 12.0 Å². The van der Waals surface area contributed by atoms with E-state index in [0.29, 0.717) is 12.2 Å². The molecule has 0 spiro atoms. The van der Waals surface area contributed by atoms with E-state index in [1.54, 1.807) is 13.4 Å². The van der Waals surface area contributed by atoms with Crippen LogP contribution in [-0.2, 0) is 11.2 Å². The Labute approximate surface area is 248 Å². The summed E-state index contributed by atoms with van der Waals surface area (Å²) < 4.78 is 12.4. The topological polar surface area (TPSA) is 97.7 Å². The van der Waals surface area contributed by atoms with Gasteiger partial charge in [-0.3, -0.25) is 4.79 Å². The van der Waals surface area contributed by atoms with Crippen LogP contribution in [0.5, 0.6) is 5.75 Å². The van der Waals surface area contributed by atoms with Gasteiger partial charge in [0.2, 0.25) is 0 Å². The number of ether oxygens (including phenoxy) is 2. The molecule has 1 aromatic heterocycles. The summed E-state index contributed by atoms with van der Waals surface area (Å²) >= 11 is 0. The van der Waals surface area contributed by atoms with Gasteiger partial charge in [-0.1, -0.05) is 49.2 Å². The van der Waals surface area contributed by atoms with Gasteiger partial charge in [0.15, 0.2) is 5.69 Å². The standard InChI is InChI=1S/C33H43N5O4/c1-23-20-27(41-2)17-16-24(23)12-9-13-26-21-34-18-19-37(26)32(39)30-31(25-10-5-4-6-11-25)38(22-35-30)29-15-8-7-14-28(29)36-33(40)42-3/h4-6,10-11,16-17,20,22,26,28-29,34H,7-9,12-15,18-19,21H2,1-3H3,(H,36,40)/t26-,28+,29+/m1/s1. The number of rotatable bonds is 9. The van der Waals surface area contributed by atoms with Crippen molar-refractivity contribution in [3.8, 4) is 17.0 Å². The average molecular weight is 574 g/mol. The minimum absolute atomic E-state index is 0.0198. The lowest BCUT2D eigenvalue weighted by molar-refractivity contribution is 0.0618. The molecule has 1 saturated heterocycles. The summed E-state index contributed by atoms with van der Waals surface area (Å²) in [5, 5.41) is 6.52. The molecule has 1 saturated carbocycles. The summed E-state index contributed by atoms with van der Waals surface area (Å²) in [7, 11) is 3.08. The largest absolute Gasteiger partial charge is 0.497 e. The fourth-order valence-corrected chi connectivity index (χ4v) is 6.50. The van der Waals surface area contributed by atoms with Crippen LogP contribution in [0.1, 0.15) is 66.2 Å². The highest BCUT2D eigenvalue weighted by Gasteiger charge is 2.35. The predicted octanol–water partition coefficient (Wildman–Crippen LogP) is 5.14. The molecule has 42 heavy (non-hydrogen) atoms. The van der Waals surface area contributed by atoms with Gasteiger partial charge in [0, 0.05) is 31.2 Å². The predicted molar refractivity (Wildman–Crippen MR) is 163 cm³/mol. The number of carbonyl (C=O) groups excluding carboxylic acids is 2. The molecule has 5 rings (SSSR count). The van der Waals surface area contributed by atoms with E-state index < -0.39 is 6.09 Å². The smallest absolute Gasteiger partial charge is 0.407 e. The summed E-state index contributed by atoms with van der Waals surface area (Å²) in [6.45, 7) is 4.29. The number of aromatic nitrogens is 2. The molecule has 1 aliphatic heterocycles. The summed E-state index contributed by atoms with van der Waals surface area (Å²) in [4.78, 5) is 33.2. The molecule has 2 N–H and O–H groups in total. The van der Waals surface area contributed by atoms with Crippen LogP contribution in [-0.4, -0.2) is 72.4 Å². The van der Waals surface area contributed by atoms with Crippen molar-refractivity contribution in [3.05, 3.63) is 71.7 Å². The Morgan fingerprint density at radius 3 is 2.67 bits per heavy atom. The normalized spacial score (nSPS) is 20.6. The third-order valence-corrected chi connectivity index (χ3v) is 8.76. The first-order valence-electron chi connectivity index (χ1n) is 15.1. The first kappa shape index (κ1) is 29.6. The Bertz CT molecular complexity index is 1360. The molecule has 9 heteroatoms. The van der Waals surface area contributed by atoms with Crippen LogP contribution in [0.4, 0.5) is 4.79 Å². The van der Waals surface area contributed by atoms with Crippen molar-refractivity contribution in [1.29, 1.82) is 0 Å². The second-order valence-electron chi connectivity index (χ2n) is 11.4. The molecular weight excluding hydrogens is 530 g/mol. The van der Waals surface area contributed by atoms with Crippen molar-refractivity contribution in [3.63, 3.8) is 0 Å². The van der Waals surface area contributed by atoms with Crippen molar-refractivity contribution in [2.45, 2.75) is 70.0 Å². The summed E-state index contributed by atoms with van der Waals surface area (Å²) in [5.41, 5.74) is 4.77. The second kappa shape index (κ2) is 13.9. The van der Waals surface area contributed by atoms with E-state index in [9.17, 15) is 9.59 Å². The first-order valence-corrected chi connectivity index (χ1v) is 15.1. The third kappa shape index (κ3) is 6.62. The van der Waals surface area contributed by atoms with Gasteiger partial charge in [-0.05, 0) is 62.3 Å². The van der Waals surface area contributed by atoms with Crippen LogP contribution in [0.25, 0.3) is 11.3 Å². The highest BCUT2D eigenvalue weighted by molar-refractivity contribution is 5.98. The van der Waals surface area contributed by atoms with Crippen molar-refractivity contribution in [2.24, 2.45) is 0 Å². The Morgan fingerprint density at radius 2 is 1.90 bits per heavy atom. The van der Waals surface area contributed by atoms with Crippen molar-refractivity contribution in [1.82, 2.24) is 25.1 Å². The zero-order valence-electron chi connectivity index (χ0n) is 25.0. The number of aryl methyl sites for hydroxylation is 2. The van der Waals surface area contributed by atoms with Crippen molar-refractivity contribution < 1.29 is 19.1 Å². The SMILES string of the molecule is COC(=O)N[C@H]1CCCC[C@@H]1n1cnc(C(=O)N2CCNC[C@H]2CCCc2ccc(OC)cc2C)c1-c1ccccc1. The zero-order valence-corrected chi connectivity index (χ0v) is 25.0. The van der Waals surface area contributed by atoms with Gasteiger partial charge in [-0.15, -0.1) is 0 Å².